The van der Waals surface area contributed by atoms with E-state index in [1.165, 1.54) is 0 Å². The zero-order valence-corrected chi connectivity index (χ0v) is 16.1. The molecule has 0 saturated heterocycles. The van der Waals surface area contributed by atoms with Crippen LogP contribution in [0.2, 0.25) is 0 Å². The first kappa shape index (κ1) is 19.9. The maximum Gasteiger partial charge on any atom is 0.271 e. The second-order valence-electron chi connectivity index (χ2n) is 6.18. The number of H-pyrrole nitrogens is 1. The molecule has 0 fully saturated rings. The molecular formula is C20H21N5O4. The first-order valence-electron chi connectivity index (χ1n) is 8.95. The Morgan fingerprint density at radius 1 is 1.07 bits per heavy atom. The molecular weight excluding hydrogens is 374 g/mol. The molecule has 0 radical (unpaired) electrons. The van der Waals surface area contributed by atoms with Crippen LogP contribution in [0.15, 0.2) is 42.5 Å². The van der Waals surface area contributed by atoms with Gasteiger partial charge in [0.15, 0.2) is 23.8 Å². The fourth-order valence-electron chi connectivity index (χ4n) is 2.62. The van der Waals surface area contributed by atoms with Gasteiger partial charge in [-0.15, -0.1) is 0 Å². The normalized spacial score (nSPS) is 10.4. The molecule has 0 aliphatic rings. The van der Waals surface area contributed by atoms with Crippen LogP contribution in [0.4, 0.5) is 5.69 Å². The highest BCUT2D eigenvalue weighted by molar-refractivity contribution is 5.96. The van der Waals surface area contributed by atoms with Crippen molar-refractivity contribution in [3.63, 3.8) is 0 Å². The Hall–Kier alpha value is -3.88. The van der Waals surface area contributed by atoms with Crippen LogP contribution in [-0.4, -0.2) is 40.4 Å². The molecule has 150 valence electrons. The van der Waals surface area contributed by atoms with Gasteiger partial charge >= 0.3 is 0 Å². The summed E-state index contributed by atoms with van der Waals surface area (Å²) in [5, 5.41) is 12.9. The first-order valence-corrected chi connectivity index (χ1v) is 8.95. The molecule has 1 aromatic heterocycles. The van der Waals surface area contributed by atoms with Crippen molar-refractivity contribution < 1.29 is 19.1 Å². The minimum Gasteiger partial charge on any atom is -0.490 e. The van der Waals surface area contributed by atoms with Crippen LogP contribution in [0.25, 0.3) is 11.3 Å². The zero-order chi connectivity index (χ0) is 20.8. The van der Waals surface area contributed by atoms with Crippen molar-refractivity contribution >= 4 is 17.5 Å². The van der Waals surface area contributed by atoms with Crippen molar-refractivity contribution in [1.82, 2.24) is 15.4 Å². The standard InChI is InChI=1S/C20H21N5O4/c1-3-28-16-10-13(18-19(20(21)27)24-25-23-18)6-9-15(16)29-11-17(26)22-14-7-4-12(2)5-8-14/h4-10H,3,11H2,1-2H3,(H2,21,27)(H,22,26)(H,23,24,25). The Morgan fingerprint density at radius 3 is 2.52 bits per heavy atom. The number of benzene rings is 2. The van der Waals surface area contributed by atoms with E-state index in [2.05, 4.69) is 20.7 Å². The van der Waals surface area contributed by atoms with E-state index in [9.17, 15) is 9.59 Å². The molecule has 0 atom stereocenters. The molecule has 3 aromatic rings. The lowest BCUT2D eigenvalue weighted by Crippen LogP contribution is -2.20. The van der Waals surface area contributed by atoms with E-state index in [1.807, 2.05) is 38.1 Å². The third-order valence-corrected chi connectivity index (χ3v) is 3.99. The largest absolute Gasteiger partial charge is 0.490 e. The highest BCUT2D eigenvalue weighted by Gasteiger charge is 2.17. The molecule has 0 saturated carbocycles. The topological polar surface area (TPSA) is 132 Å². The number of nitrogens with two attached hydrogens (primary N) is 1. The van der Waals surface area contributed by atoms with Gasteiger partial charge in [-0.1, -0.05) is 17.7 Å². The van der Waals surface area contributed by atoms with E-state index in [-0.39, 0.29) is 18.2 Å². The smallest absolute Gasteiger partial charge is 0.271 e. The van der Waals surface area contributed by atoms with Crippen molar-refractivity contribution in [2.45, 2.75) is 13.8 Å². The number of aromatic amines is 1. The Bertz CT molecular complexity index is 1010. The SMILES string of the molecule is CCOc1cc(-c2n[nH]nc2C(N)=O)ccc1OCC(=O)Nc1ccc(C)cc1. The fourth-order valence-corrected chi connectivity index (χ4v) is 2.62. The molecule has 3 rings (SSSR count). The van der Waals surface area contributed by atoms with Gasteiger partial charge in [0.05, 0.1) is 6.61 Å². The fraction of sp³-hybridized carbons (Fsp3) is 0.200. The molecule has 1 heterocycles. The predicted molar refractivity (Wildman–Crippen MR) is 107 cm³/mol. The molecule has 9 heteroatoms. The number of aryl methyl sites for hydroxylation is 1. The molecule has 29 heavy (non-hydrogen) atoms. The summed E-state index contributed by atoms with van der Waals surface area (Å²) in [6.07, 6.45) is 0. The molecule has 0 bridgehead atoms. The maximum absolute atomic E-state index is 12.2. The number of hydrogen-bond donors (Lipinski definition) is 3. The molecule has 0 spiro atoms. The number of aromatic nitrogens is 3. The second kappa shape index (κ2) is 8.87. The van der Waals surface area contributed by atoms with Crippen LogP contribution in [-0.2, 0) is 4.79 Å². The monoisotopic (exact) mass is 395 g/mol. The van der Waals surface area contributed by atoms with E-state index in [0.29, 0.717) is 35.1 Å². The molecule has 0 aliphatic carbocycles. The Kier molecular flexibility index (Phi) is 6.08. The number of hydrogen-bond acceptors (Lipinski definition) is 6. The van der Waals surface area contributed by atoms with E-state index in [1.54, 1.807) is 18.2 Å². The number of primary amides is 1. The lowest BCUT2D eigenvalue weighted by atomic mass is 10.1. The van der Waals surface area contributed by atoms with Gasteiger partial charge < -0.3 is 20.5 Å². The highest BCUT2D eigenvalue weighted by Crippen LogP contribution is 2.33. The van der Waals surface area contributed by atoms with Crippen molar-refractivity contribution in [2.75, 3.05) is 18.5 Å². The lowest BCUT2D eigenvalue weighted by molar-refractivity contribution is -0.118. The number of carbonyl (C=O) groups is 2. The van der Waals surface area contributed by atoms with Gasteiger partial charge in [-0.25, -0.2) is 0 Å². The maximum atomic E-state index is 12.2. The summed E-state index contributed by atoms with van der Waals surface area (Å²) in [5.74, 6) is -0.196. The summed E-state index contributed by atoms with van der Waals surface area (Å²) in [6.45, 7) is 3.99. The summed E-state index contributed by atoms with van der Waals surface area (Å²) in [4.78, 5) is 23.6. The minimum absolute atomic E-state index is 0.0265. The highest BCUT2D eigenvalue weighted by atomic mass is 16.5. The quantitative estimate of drug-likeness (QED) is 0.536. The molecule has 0 unspecified atom stereocenters. The number of ether oxygens (including phenoxy) is 2. The summed E-state index contributed by atoms with van der Waals surface area (Å²) in [6, 6.07) is 12.4. The van der Waals surface area contributed by atoms with Gasteiger partial charge in [-0.3, -0.25) is 9.59 Å². The van der Waals surface area contributed by atoms with E-state index in [0.717, 1.165) is 5.56 Å². The molecule has 0 aliphatic heterocycles. The van der Waals surface area contributed by atoms with Crippen LogP contribution in [0, 0.1) is 6.92 Å². The number of nitrogens with zero attached hydrogens (tertiary/aromatic N) is 2. The van der Waals surface area contributed by atoms with Crippen LogP contribution in [0.3, 0.4) is 0 Å². The van der Waals surface area contributed by atoms with E-state index in [4.69, 9.17) is 15.2 Å². The van der Waals surface area contributed by atoms with Crippen LogP contribution < -0.4 is 20.5 Å². The van der Waals surface area contributed by atoms with E-state index < -0.39 is 5.91 Å². The van der Waals surface area contributed by atoms with Gasteiger partial charge in [0.1, 0.15) is 5.69 Å². The first-order chi connectivity index (χ1) is 14.0. The van der Waals surface area contributed by atoms with Crippen LogP contribution in [0.1, 0.15) is 23.0 Å². The number of carbonyl (C=O) groups excluding carboxylic acids is 2. The summed E-state index contributed by atoms with van der Waals surface area (Å²) >= 11 is 0. The van der Waals surface area contributed by atoms with Gasteiger partial charge in [0, 0.05) is 11.3 Å². The van der Waals surface area contributed by atoms with Gasteiger partial charge in [-0.05, 0) is 44.2 Å². The van der Waals surface area contributed by atoms with Crippen molar-refractivity contribution in [1.29, 1.82) is 0 Å². The number of nitrogens with one attached hydrogen (secondary N) is 2. The molecule has 2 aromatic carbocycles. The lowest BCUT2D eigenvalue weighted by Gasteiger charge is -2.13. The Balaban J connectivity index is 1.73. The number of rotatable bonds is 8. The summed E-state index contributed by atoms with van der Waals surface area (Å²) < 4.78 is 11.2. The molecule has 2 amide bonds. The molecule has 9 nitrogen and oxygen atoms in total. The third kappa shape index (κ3) is 4.89. The average molecular weight is 395 g/mol. The van der Waals surface area contributed by atoms with Crippen molar-refractivity contribution in [3.8, 4) is 22.8 Å². The minimum atomic E-state index is -0.695. The predicted octanol–water partition coefficient (Wildman–Crippen LogP) is 2.30. The van der Waals surface area contributed by atoms with Gasteiger partial charge in [0.2, 0.25) is 0 Å². The van der Waals surface area contributed by atoms with Crippen LogP contribution >= 0.6 is 0 Å². The second-order valence-corrected chi connectivity index (χ2v) is 6.18. The van der Waals surface area contributed by atoms with E-state index >= 15 is 0 Å². The third-order valence-electron chi connectivity index (χ3n) is 3.99. The average Bonchev–Trinajstić information content (AvgIpc) is 3.19. The summed E-state index contributed by atoms with van der Waals surface area (Å²) in [5.41, 5.74) is 8.02. The van der Waals surface area contributed by atoms with Crippen molar-refractivity contribution in [3.05, 3.63) is 53.7 Å². The molecule has 4 N–H and O–H groups in total. The Morgan fingerprint density at radius 2 is 1.83 bits per heavy atom. The zero-order valence-electron chi connectivity index (χ0n) is 16.1. The summed E-state index contributed by atoms with van der Waals surface area (Å²) in [7, 11) is 0. The number of amides is 2. The van der Waals surface area contributed by atoms with Gasteiger partial charge in [0.25, 0.3) is 11.8 Å². The van der Waals surface area contributed by atoms with Gasteiger partial charge in [-0.2, -0.15) is 15.4 Å². The van der Waals surface area contributed by atoms with Crippen molar-refractivity contribution in [2.24, 2.45) is 5.73 Å². The number of anilines is 1. The van der Waals surface area contributed by atoms with Crippen LogP contribution in [0.5, 0.6) is 11.5 Å². The Labute approximate surface area is 167 Å².